The number of rotatable bonds is 4. The van der Waals surface area contributed by atoms with Crippen LogP contribution in [0.15, 0.2) is 6.20 Å². The molecule has 1 aliphatic rings. The zero-order valence-electron chi connectivity index (χ0n) is 10.7. The Balaban J connectivity index is 1.78. The molecule has 0 bridgehead atoms. The number of nitrogens with zero attached hydrogens (tertiary/aromatic N) is 3. The third-order valence-electron chi connectivity index (χ3n) is 3.29. The van der Waals surface area contributed by atoms with E-state index in [4.69, 9.17) is 5.73 Å². The molecule has 1 aromatic rings. The molecule has 5 heteroatoms. The SMILES string of the molecule is CN1CCCC(CN(C)Cc2cnc(N)s2)C1. The lowest BCUT2D eigenvalue weighted by Crippen LogP contribution is -2.37. The minimum atomic E-state index is 0.672. The van der Waals surface area contributed by atoms with Crippen molar-refractivity contribution in [3.8, 4) is 0 Å². The summed E-state index contributed by atoms with van der Waals surface area (Å²) < 4.78 is 0. The van der Waals surface area contributed by atoms with Crippen LogP contribution in [-0.2, 0) is 6.54 Å². The van der Waals surface area contributed by atoms with E-state index in [0.29, 0.717) is 5.13 Å². The van der Waals surface area contributed by atoms with Crippen LogP contribution in [0.4, 0.5) is 5.13 Å². The summed E-state index contributed by atoms with van der Waals surface area (Å²) in [6.07, 6.45) is 4.59. The van der Waals surface area contributed by atoms with Crippen molar-refractivity contribution in [1.82, 2.24) is 14.8 Å². The molecule has 1 fully saturated rings. The van der Waals surface area contributed by atoms with E-state index in [1.54, 1.807) is 11.3 Å². The Labute approximate surface area is 107 Å². The van der Waals surface area contributed by atoms with Gasteiger partial charge in [-0.05, 0) is 39.4 Å². The highest BCUT2D eigenvalue weighted by Crippen LogP contribution is 2.19. The summed E-state index contributed by atoms with van der Waals surface area (Å²) in [5.74, 6) is 0.809. The van der Waals surface area contributed by atoms with Crippen molar-refractivity contribution >= 4 is 16.5 Å². The highest BCUT2D eigenvalue weighted by Gasteiger charge is 2.18. The number of hydrogen-bond donors (Lipinski definition) is 1. The van der Waals surface area contributed by atoms with E-state index in [1.807, 2.05) is 6.20 Å². The summed E-state index contributed by atoms with van der Waals surface area (Å²) in [5, 5.41) is 0.672. The summed E-state index contributed by atoms with van der Waals surface area (Å²) in [6.45, 7) is 4.62. The molecule has 0 spiro atoms. The molecule has 2 heterocycles. The van der Waals surface area contributed by atoms with Gasteiger partial charge in [0.25, 0.3) is 0 Å². The topological polar surface area (TPSA) is 45.4 Å². The zero-order chi connectivity index (χ0) is 12.3. The lowest BCUT2D eigenvalue weighted by atomic mass is 9.98. The van der Waals surface area contributed by atoms with Gasteiger partial charge in [-0.25, -0.2) is 4.98 Å². The summed E-state index contributed by atoms with van der Waals surface area (Å²) in [5.41, 5.74) is 5.64. The number of anilines is 1. The Morgan fingerprint density at radius 3 is 3.12 bits per heavy atom. The van der Waals surface area contributed by atoms with Crippen LogP contribution in [0.1, 0.15) is 17.7 Å². The van der Waals surface area contributed by atoms with Crippen molar-refractivity contribution in [1.29, 1.82) is 0 Å². The highest BCUT2D eigenvalue weighted by atomic mass is 32.1. The van der Waals surface area contributed by atoms with Crippen molar-refractivity contribution in [2.24, 2.45) is 5.92 Å². The fourth-order valence-corrected chi connectivity index (χ4v) is 3.35. The standard InChI is InChI=1S/C12H22N4S/c1-15-5-3-4-10(7-15)8-16(2)9-11-6-14-12(13)17-11/h6,10H,3-5,7-9H2,1-2H3,(H2,13,14). The number of likely N-dealkylation sites (tertiary alicyclic amines) is 1. The van der Waals surface area contributed by atoms with Crippen molar-refractivity contribution in [3.05, 3.63) is 11.1 Å². The van der Waals surface area contributed by atoms with Gasteiger partial charge in [0.1, 0.15) is 0 Å². The van der Waals surface area contributed by atoms with Gasteiger partial charge in [0, 0.05) is 30.7 Å². The number of aromatic nitrogens is 1. The van der Waals surface area contributed by atoms with Crippen LogP contribution in [0.2, 0.25) is 0 Å². The van der Waals surface area contributed by atoms with Crippen LogP contribution in [0.3, 0.4) is 0 Å². The van der Waals surface area contributed by atoms with E-state index in [9.17, 15) is 0 Å². The lowest BCUT2D eigenvalue weighted by molar-refractivity contribution is 0.164. The zero-order valence-corrected chi connectivity index (χ0v) is 11.5. The van der Waals surface area contributed by atoms with E-state index in [-0.39, 0.29) is 0 Å². The van der Waals surface area contributed by atoms with Gasteiger partial charge >= 0.3 is 0 Å². The second kappa shape index (κ2) is 5.80. The smallest absolute Gasteiger partial charge is 0.180 e. The van der Waals surface area contributed by atoms with Gasteiger partial charge in [0.05, 0.1) is 0 Å². The number of nitrogen functional groups attached to an aromatic ring is 1. The van der Waals surface area contributed by atoms with Crippen molar-refractivity contribution in [3.63, 3.8) is 0 Å². The average Bonchev–Trinajstić information content (AvgIpc) is 2.63. The minimum Gasteiger partial charge on any atom is -0.375 e. The first-order valence-electron chi connectivity index (χ1n) is 6.21. The van der Waals surface area contributed by atoms with Crippen LogP contribution in [0.5, 0.6) is 0 Å². The molecule has 0 amide bonds. The van der Waals surface area contributed by atoms with E-state index >= 15 is 0 Å². The monoisotopic (exact) mass is 254 g/mol. The molecular weight excluding hydrogens is 232 g/mol. The molecule has 4 nitrogen and oxygen atoms in total. The first-order chi connectivity index (χ1) is 8.13. The third kappa shape index (κ3) is 3.94. The molecule has 1 aliphatic heterocycles. The predicted octanol–water partition coefficient (Wildman–Crippen LogP) is 1.50. The van der Waals surface area contributed by atoms with Gasteiger partial charge in [-0.15, -0.1) is 11.3 Å². The maximum Gasteiger partial charge on any atom is 0.180 e. The van der Waals surface area contributed by atoms with Gasteiger partial charge in [-0.1, -0.05) is 0 Å². The molecule has 96 valence electrons. The van der Waals surface area contributed by atoms with Gasteiger partial charge in [-0.3, -0.25) is 0 Å². The first kappa shape index (κ1) is 12.8. The van der Waals surface area contributed by atoms with E-state index < -0.39 is 0 Å². The van der Waals surface area contributed by atoms with Gasteiger partial charge < -0.3 is 15.5 Å². The molecule has 1 aromatic heterocycles. The Kier molecular flexibility index (Phi) is 4.36. The van der Waals surface area contributed by atoms with E-state index in [0.717, 1.165) is 12.5 Å². The Bertz CT molecular complexity index is 352. The van der Waals surface area contributed by atoms with Gasteiger partial charge in [0.15, 0.2) is 5.13 Å². The molecule has 2 N–H and O–H groups in total. The summed E-state index contributed by atoms with van der Waals surface area (Å²) in [7, 11) is 4.40. The van der Waals surface area contributed by atoms with Crippen LogP contribution in [0.25, 0.3) is 0 Å². The fraction of sp³-hybridized carbons (Fsp3) is 0.750. The Morgan fingerprint density at radius 1 is 1.65 bits per heavy atom. The summed E-state index contributed by atoms with van der Waals surface area (Å²) in [4.78, 5) is 10.2. The van der Waals surface area contributed by atoms with Gasteiger partial charge in [-0.2, -0.15) is 0 Å². The molecule has 0 aliphatic carbocycles. The van der Waals surface area contributed by atoms with Crippen molar-refractivity contribution in [2.45, 2.75) is 19.4 Å². The third-order valence-corrected chi connectivity index (χ3v) is 4.10. The molecule has 17 heavy (non-hydrogen) atoms. The summed E-state index contributed by atoms with van der Waals surface area (Å²) in [6, 6.07) is 0. The Morgan fingerprint density at radius 2 is 2.47 bits per heavy atom. The maximum atomic E-state index is 5.64. The number of thiazole rings is 1. The summed E-state index contributed by atoms with van der Waals surface area (Å²) >= 11 is 1.59. The molecule has 0 radical (unpaired) electrons. The Hall–Kier alpha value is -0.650. The fourth-order valence-electron chi connectivity index (χ4n) is 2.59. The van der Waals surface area contributed by atoms with Crippen LogP contribution in [0, 0.1) is 5.92 Å². The van der Waals surface area contributed by atoms with Crippen LogP contribution >= 0.6 is 11.3 Å². The van der Waals surface area contributed by atoms with Crippen LogP contribution in [-0.4, -0.2) is 48.5 Å². The average molecular weight is 254 g/mol. The lowest BCUT2D eigenvalue weighted by Gasteiger charge is -2.32. The molecular formula is C12H22N4S. The second-order valence-corrected chi connectivity index (χ2v) is 6.28. The molecule has 2 rings (SSSR count). The molecule has 1 saturated heterocycles. The molecule has 0 saturated carbocycles. The van der Waals surface area contributed by atoms with E-state index in [2.05, 4.69) is 28.9 Å². The van der Waals surface area contributed by atoms with E-state index in [1.165, 1.54) is 37.4 Å². The van der Waals surface area contributed by atoms with Crippen molar-refractivity contribution in [2.75, 3.05) is 39.5 Å². The quantitative estimate of drug-likeness (QED) is 0.884. The predicted molar refractivity (Wildman–Crippen MR) is 73.1 cm³/mol. The maximum absolute atomic E-state index is 5.64. The van der Waals surface area contributed by atoms with Gasteiger partial charge in [0.2, 0.25) is 0 Å². The second-order valence-electron chi connectivity index (χ2n) is 5.13. The largest absolute Gasteiger partial charge is 0.375 e. The first-order valence-corrected chi connectivity index (χ1v) is 7.02. The minimum absolute atomic E-state index is 0.672. The van der Waals surface area contributed by atoms with Crippen molar-refractivity contribution < 1.29 is 0 Å². The highest BCUT2D eigenvalue weighted by molar-refractivity contribution is 7.15. The molecule has 1 atom stereocenters. The number of nitrogens with two attached hydrogens (primary N) is 1. The number of piperidine rings is 1. The normalized spacial score (nSPS) is 22.2. The molecule has 0 aromatic carbocycles. The molecule has 1 unspecified atom stereocenters. The number of hydrogen-bond acceptors (Lipinski definition) is 5. The van der Waals surface area contributed by atoms with Crippen LogP contribution < -0.4 is 5.73 Å².